The Bertz CT molecular complexity index is 481. The van der Waals surface area contributed by atoms with Crippen LogP contribution in [-0.2, 0) is 0 Å². The Balaban J connectivity index is 2.85. The second-order valence-corrected chi connectivity index (χ2v) is 5.01. The molecular weight excluding hydrogens is 291 g/mol. The summed E-state index contributed by atoms with van der Waals surface area (Å²) >= 11 is 5.90. The van der Waals surface area contributed by atoms with Gasteiger partial charge in [0.2, 0.25) is 0 Å². The van der Waals surface area contributed by atoms with Gasteiger partial charge in [-0.3, -0.25) is 4.79 Å². The maximum Gasteiger partial charge on any atom is 0.254 e. The van der Waals surface area contributed by atoms with Gasteiger partial charge >= 0.3 is 0 Å². The SMILES string of the molecule is CCC(CC)(CCl)CNC(=O)c1ccc(F)c(F)c1F. The van der Waals surface area contributed by atoms with Crippen LogP contribution in [-0.4, -0.2) is 18.3 Å². The van der Waals surface area contributed by atoms with Crippen LogP contribution in [0.3, 0.4) is 0 Å². The first-order chi connectivity index (χ1) is 9.40. The third-order valence-electron chi connectivity index (χ3n) is 3.69. The van der Waals surface area contributed by atoms with Crippen molar-refractivity contribution in [1.82, 2.24) is 5.32 Å². The minimum atomic E-state index is -1.65. The monoisotopic (exact) mass is 307 g/mol. The predicted molar refractivity (Wildman–Crippen MR) is 72.4 cm³/mol. The number of amides is 1. The summed E-state index contributed by atoms with van der Waals surface area (Å²) in [6.07, 6.45) is 1.49. The lowest BCUT2D eigenvalue weighted by Gasteiger charge is -2.29. The molecular formula is C14H17ClF3NO. The van der Waals surface area contributed by atoms with Gasteiger partial charge < -0.3 is 5.32 Å². The van der Waals surface area contributed by atoms with E-state index < -0.39 is 28.9 Å². The molecule has 0 atom stereocenters. The van der Waals surface area contributed by atoms with E-state index in [1.54, 1.807) is 0 Å². The first-order valence-electron chi connectivity index (χ1n) is 6.38. The van der Waals surface area contributed by atoms with E-state index in [2.05, 4.69) is 5.32 Å². The topological polar surface area (TPSA) is 29.1 Å². The van der Waals surface area contributed by atoms with Crippen molar-refractivity contribution in [3.8, 4) is 0 Å². The van der Waals surface area contributed by atoms with E-state index in [1.165, 1.54) is 0 Å². The van der Waals surface area contributed by atoms with Gasteiger partial charge in [0.15, 0.2) is 17.5 Å². The molecule has 0 aromatic heterocycles. The lowest BCUT2D eigenvalue weighted by molar-refractivity contribution is 0.0926. The fourth-order valence-corrected chi connectivity index (χ4v) is 2.27. The molecule has 2 nitrogen and oxygen atoms in total. The molecule has 0 radical (unpaired) electrons. The Morgan fingerprint density at radius 2 is 1.80 bits per heavy atom. The minimum absolute atomic E-state index is 0.251. The van der Waals surface area contributed by atoms with Crippen molar-refractivity contribution in [3.05, 3.63) is 35.1 Å². The molecule has 0 aliphatic carbocycles. The van der Waals surface area contributed by atoms with Gasteiger partial charge in [-0.1, -0.05) is 13.8 Å². The van der Waals surface area contributed by atoms with Gasteiger partial charge in [-0.15, -0.1) is 11.6 Å². The van der Waals surface area contributed by atoms with Crippen LogP contribution in [0.5, 0.6) is 0 Å². The van der Waals surface area contributed by atoms with E-state index in [-0.39, 0.29) is 12.0 Å². The van der Waals surface area contributed by atoms with Crippen LogP contribution in [0.2, 0.25) is 0 Å². The zero-order valence-electron chi connectivity index (χ0n) is 11.4. The molecule has 0 saturated carbocycles. The summed E-state index contributed by atoms with van der Waals surface area (Å²) in [5, 5.41) is 2.53. The summed E-state index contributed by atoms with van der Waals surface area (Å²) in [4.78, 5) is 11.8. The third-order valence-corrected chi connectivity index (χ3v) is 4.25. The summed E-state index contributed by atoms with van der Waals surface area (Å²) in [6.45, 7) is 4.13. The van der Waals surface area contributed by atoms with Crippen LogP contribution in [0.4, 0.5) is 13.2 Å². The van der Waals surface area contributed by atoms with Gasteiger partial charge in [-0.2, -0.15) is 0 Å². The van der Waals surface area contributed by atoms with Gasteiger partial charge in [0, 0.05) is 17.8 Å². The summed E-state index contributed by atoms with van der Waals surface area (Å²) in [6, 6.07) is 1.64. The molecule has 1 aromatic carbocycles. The zero-order valence-corrected chi connectivity index (χ0v) is 12.2. The van der Waals surface area contributed by atoms with E-state index in [9.17, 15) is 18.0 Å². The van der Waals surface area contributed by atoms with Crippen molar-refractivity contribution in [1.29, 1.82) is 0 Å². The van der Waals surface area contributed by atoms with Crippen molar-refractivity contribution < 1.29 is 18.0 Å². The van der Waals surface area contributed by atoms with E-state index in [1.807, 2.05) is 13.8 Å². The molecule has 6 heteroatoms. The second-order valence-electron chi connectivity index (χ2n) is 4.75. The van der Waals surface area contributed by atoms with Crippen LogP contribution in [0.1, 0.15) is 37.0 Å². The van der Waals surface area contributed by atoms with E-state index in [4.69, 9.17) is 11.6 Å². The molecule has 1 N–H and O–H groups in total. The number of carbonyl (C=O) groups is 1. The molecule has 0 fully saturated rings. The smallest absolute Gasteiger partial charge is 0.254 e. The van der Waals surface area contributed by atoms with Crippen LogP contribution < -0.4 is 5.32 Å². The number of halogens is 4. The molecule has 0 unspecified atom stereocenters. The maximum absolute atomic E-state index is 13.5. The Morgan fingerprint density at radius 1 is 1.20 bits per heavy atom. The second kappa shape index (κ2) is 6.97. The number of hydrogen-bond donors (Lipinski definition) is 1. The number of hydrogen-bond acceptors (Lipinski definition) is 1. The predicted octanol–water partition coefficient (Wildman–Crippen LogP) is 3.88. The van der Waals surface area contributed by atoms with Crippen molar-refractivity contribution in [2.75, 3.05) is 12.4 Å². The van der Waals surface area contributed by atoms with Gasteiger partial charge in [0.05, 0.1) is 5.56 Å². The zero-order chi connectivity index (χ0) is 15.3. The molecule has 1 rings (SSSR count). The Kier molecular flexibility index (Phi) is 5.87. The quantitative estimate of drug-likeness (QED) is 0.627. The lowest BCUT2D eigenvalue weighted by atomic mass is 9.84. The van der Waals surface area contributed by atoms with Crippen molar-refractivity contribution in [3.63, 3.8) is 0 Å². The van der Waals surface area contributed by atoms with Gasteiger partial charge in [0.1, 0.15) is 0 Å². The number of rotatable bonds is 6. The van der Waals surface area contributed by atoms with Crippen molar-refractivity contribution in [2.24, 2.45) is 5.41 Å². The fourth-order valence-electron chi connectivity index (χ4n) is 1.80. The van der Waals surface area contributed by atoms with Crippen LogP contribution >= 0.6 is 11.6 Å². The standard InChI is InChI=1S/C14H17ClF3NO/c1-3-14(4-2,7-15)8-19-13(20)9-5-6-10(16)12(18)11(9)17/h5-6H,3-4,7-8H2,1-2H3,(H,19,20). The number of alkyl halides is 1. The normalized spacial score (nSPS) is 11.5. The number of benzene rings is 1. The molecule has 0 aliphatic heterocycles. The van der Waals surface area contributed by atoms with E-state index in [0.29, 0.717) is 5.88 Å². The summed E-state index contributed by atoms with van der Waals surface area (Å²) < 4.78 is 39.3. The number of nitrogens with one attached hydrogen (secondary N) is 1. The highest BCUT2D eigenvalue weighted by Gasteiger charge is 2.27. The first kappa shape index (κ1) is 16.8. The average molecular weight is 308 g/mol. The minimum Gasteiger partial charge on any atom is -0.351 e. The highest BCUT2D eigenvalue weighted by atomic mass is 35.5. The number of carbonyl (C=O) groups excluding carboxylic acids is 1. The summed E-state index contributed by atoms with van der Waals surface area (Å²) in [5.74, 6) is -4.88. The molecule has 0 spiro atoms. The highest BCUT2D eigenvalue weighted by molar-refractivity contribution is 6.18. The molecule has 112 valence electrons. The van der Waals surface area contributed by atoms with Crippen molar-refractivity contribution >= 4 is 17.5 Å². The molecule has 0 heterocycles. The summed E-state index contributed by atoms with van der Waals surface area (Å²) in [5.41, 5.74) is -0.800. The van der Waals surface area contributed by atoms with Crippen LogP contribution in [0, 0.1) is 22.9 Å². The summed E-state index contributed by atoms with van der Waals surface area (Å²) in [7, 11) is 0. The van der Waals surface area contributed by atoms with Gasteiger partial charge in [-0.05, 0) is 25.0 Å². The van der Waals surface area contributed by atoms with E-state index >= 15 is 0 Å². The lowest BCUT2D eigenvalue weighted by Crippen LogP contribution is -2.38. The average Bonchev–Trinajstić information content (AvgIpc) is 2.47. The fraction of sp³-hybridized carbons (Fsp3) is 0.500. The highest BCUT2D eigenvalue weighted by Crippen LogP contribution is 2.27. The Labute approximate surface area is 121 Å². The van der Waals surface area contributed by atoms with Gasteiger partial charge in [-0.25, -0.2) is 13.2 Å². The molecule has 0 saturated heterocycles. The molecule has 1 aromatic rings. The van der Waals surface area contributed by atoms with Crippen molar-refractivity contribution in [2.45, 2.75) is 26.7 Å². The van der Waals surface area contributed by atoms with Crippen LogP contribution in [0.15, 0.2) is 12.1 Å². The Morgan fingerprint density at radius 3 is 2.30 bits per heavy atom. The molecule has 20 heavy (non-hydrogen) atoms. The molecule has 0 aliphatic rings. The first-order valence-corrected chi connectivity index (χ1v) is 6.92. The van der Waals surface area contributed by atoms with Crippen LogP contribution in [0.25, 0.3) is 0 Å². The molecule has 0 bridgehead atoms. The maximum atomic E-state index is 13.5. The Hall–Kier alpha value is -1.23. The molecule has 1 amide bonds. The van der Waals surface area contributed by atoms with E-state index in [0.717, 1.165) is 25.0 Å². The third kappa shape index (κ3) is 3.45. The van der Waals surface area contributed by atoms with Gasteiger partial charge in [0.25, 0.3) is 5.91 Å². The largest absolute Gasteiger partial charge is 0.351 e.